The van der Waals surface area contributed by atoms with Gasteiger partial charge in [-0.3, -0.25) is 0 Å². The van der Waals surface area contributed by atoms with Gasteiger partial charge in [-0.2, -0.15) is 10.2 Å². The Balaban J connectivity index is 2.45. The number of aliphatic hydroxyl groups excluding tert-OH is 1. The third-order valence-electron chi connectivity index (χ3n) is 3.17. The van der Waals surface area contributed by atoms with Crippen LogP contribution < -0.4 is 4.74 Å². The van der Waals surface area contributed by atoms with Gasteiger partial charge in [0.25, 0.3) is 0 Å². The summed E-state index contributed by atoms with van der Waals surface area (Å²) in [6, 6.07) is 9.44. The summed E-state index contributed by atoms with van der Waals surface area (Å²) in [4.78, 5) is 0. The lowest BCUT2D eigenvalue weighted by atomic mass is 9.98. The van der Waals surface area contributed by atoms with Crippen molar-refractivity contribution < 1.29 is 9.84 Å². The van der Waals surface area contributed by atoms with Crippen molar-refractivity contribution in [3.05, 3.63) is 52.8 Å². The molecule has 0 saturated heterocycles. The van der Waals surface area contributed by atoms with E-state index >= 15 is 0 Å². The largest absolute Gasteiger partial charge is 0.493 e. The maximum atomic E-state index is 10.7. The SMILES string of the molecule is CCOc1ccccc1C(O)c1cc(C)nnc1CC. The molecule has 2 aromatic rings. The van der Waals surface area contributed by atoms with Gasteiger partial charge in [0, 0.05) is 11.1 Å². The van der Waals surface area contributed by atoms with Crippen molar-refractivity contribution >= 4 is 0 Å². The average Bonchev–Trinajstić information content (AvgIpc) is 2.47. The average molecular weight is 272 g/mol. The number of aliphatic hydroxyl groups is 1. The van der Waals surface area contributed by atoms with Crippen LogP contribution in [0.4, 0.5) is 0 Å². The number of para-hydroxylation sites is 1. The lowest BCUT2D eigenvalue weighted by Gasteiger charge is -2.18. The van der Waals surface area contributed by atoms with E-state index in [1.54, 1.807) is 0 Å². The minimum absolute atomic E-state index is 0.567. The van der Waals surface area contributed by atoms with E-state index in [4.69, 9.17) is 4.74 Å². The number of aryl methyl sites for hydroxylation is 2. The maximum absolute atomic E-state index is 10.7. The third-order valence-corrected chi connectivity index (χ3v) is 3.17. The molecule has 0 amide bonds. The number of hydrogen-bond donors (Lipinski definition) is 1. The van der Waals surface area contributed by atoms with Crippen molar-refractivity contribution in [1.82, 2.24) is 10.2 Å². The van der Waals surface area contributed by atoms with Gasteiger partial charge in [0.15, 0.2) is 0 Å². The molecule has 4 heteroatoms. The fourth-order valence-corrected chi connectivity index (χ4v) is 2.21. The van der Waals surface area contributed by atoms with Gasteiger partial charge in [-0.1, -0.05) is 25.1 Å². The quantitative estimate of drug-likeness (QED) is 0.909. The van der Waals surface area contributed by atoms with E-state index in [-0.39, 0.29) is 0 Å². The Kier molecular flexibility index (Phi) is 4.69. The molecule has 1 aromatic carbocycles. The summed E-state index contributed by atoms with van der Waals surface area (Å²) in [5.74, 6) is 0.707. The molecule has 20 heavy (non-hydrogen) atoms. The molecule has 0 aliphatic heterocycles. The van der Waals surface area contributed by atoms with Crippen LogP contribution in [-0.2, 0) is 6.42 Å². The summed E-state index contributed by atoms with van der Waals surface area (Å²) in [7, 11) is 0. The minimum atomic E-state index is -0.748. The molecule has 0 aliphatic carbocycles. The molecule has 0 saturated carbocycles. The highest BCUT2D eigenvalue weighted by atomic mass is 16.5. The van der Waals surface area contributed by atoms with Gasteiger partial charge >= 0.3 is 0 Å². The number of ether oxygens (including phenoxy) is 1. The minimum Gasteiger partial charge on any atom is -0.493 e. The van der Waals surface area contributed by atoms with E-state index in [1.807, 2.05) is 51.1 Å². The van der Waals surface area contributed by atoms with Crippen molar-refractivity contribution in [3.8, 4) is 5.75 Å². The van der Waals surface area contributed by atoms with Gasteiger partial charge in [-0.05, 0) is 32.4 Å². The lowest BCUT2D eigenvalue weighted by Crippen LogP contribution is -2.09. The van der Waals surface area contributed by atoms with E-state index in [0.29, 0.717) is 12.4 Å². The molecule has 0 spiro atoms. The van der Waals surface area contributed by atoms with E-state index in [2.05, 4.69) is 10.2 Å². The van der Waals surface area contributed by atoms with Crippen LogP contribution in [0.5, 0.6) is 5.75 Å². The van der Waals surface area contributed by atoms with Crippen molar-refractivity contribution in [2.24, 2.45) is 0 Å². The van der Waals surface area contributed by atoms with Crippen LogP contribution in [-0.4, -0.2) is 21.9 Å². The second-order valence-corrected chi connectivity index (χ2v) is 4.61. The first-order chi connectivity index (χ1) is 9.67. The van der Waals surface area contributed by atoms with Crippen molar-refractivity contribution in [1.29, 1.82) is 0 Å². The summed E-state index contributed by atoms with van der Waals surface area (Å²) in [6.07, 6.45) is -0.0156. The first-order valence-corrected chi connectivity index (χ1v) is 6.90. The fraction of sp³-hybridized carbons (Fsp3) is 0.375. The van der Waals surface area contributed by atoms with Crippen molar-refractivity contribution in [2.45, 2.75) is 33.3 Å². The molecule has 1 atom stereocenters. The van der Waals surface area contributed by atoms with Crippen LogP contribution in [0.15, 0.2) is 30.3 Å². The Labute approximate surface area is 119 Å². The zero-order chi connectivity index (χ0) is 14.5. The maximum Gasteiger partial charge on any atom is 0.125 e. The summed E-state index contributed by atoms with van der Waals surface area (Å²) in [6.45, 7) is 6.37. The van der Waals surface area contributed by atoms with Crippen LogP contribution in [0.2, 0.25) is 0 Å². The van der Waals surface area contributed by atoms with Gasteiger partial charge < -0.3 is 9.84 Å². The predicted molar refractivity (Wildman–Crippen MR) is 77.8 cm³/mol. The van der Waals surface area contributed by atoms with Crippen LogP contribution >= 0.6 is 0 Å². The molecule has 1 unspecified atom stereocenters. The fourth-order valence-electron chi connectivity index (χ4n) is 2.21. The summed E-state index contributed by atoms with van der Waals surface area (Å²) >= 11 is 0. The Morgan fingerprint density at radius 3 is 2.60 bits per heavy atom. The first kappa shape index (κ1) is 14.5. The number of aromatic nitrogens is 2. The normalized spacial score (nSPS) is 12.2. The Hall–Kier alpha value is -1.94. The van der Waals surface area contributed by atoms with Crippen LogP contribution in [0.25, 0.3) is 0 Å². The number of hydrogen-bond acceptors (Lipinski definition) is 4. The summed E-state index contributed by atoms with van der Waals surface area (Å²) in [5.41, 5.74) is 3.17. The van der Waals surface area contributed by atoms with E-state index in [0.717, 1.165) is 28.9 Å². The Morgan fingerprint density at radius 1 is 1.15 bits per heavy atom. The van der Waals surface area contributed by atoms with Crippen molar-refractivity contribution in [2.75, 3.05) is 6.61 Å². The van der Waals surface area contributed by atoms with Gasteiger partial charge in [0.2, 0.25) is 0 Å². The first-order valence-electron chi connectivity index (χ1n) is 6.90. The molecule has 4 nitrogen and oxygen atoms in total. The van der Waals surface area contributed by atoms with Gasteiger partial charge in [-0.15, -0.1) is 0 Å². The molecular formula is C16H20N2O2. The predicted octanol–water partition coefficient (Wildman–Crippen LogP) is 2.83. The highest BCUT2D eigenvalue weighted by Crippen LogP contribution is 2.31. The molecule has 106 valence electrons. The molecule has 0 aliphatic rings. The molecule has 0 radical (unpaired) electrons. The molecule has 0 fully saturated rings. The smallest absolute Gasteiger partial charge is 0.125 e. The molecule has 1 aromatic heterocycles. The number of rotatable bonds is 5. The molecular weight excluding hydrogens is 252 g/mol. The van der Waals surface area contributed by atoms with E-state index in [9.17, 15) is 5.11 Å². The Morgan fingerprint density at radius 2 is 1.90 bits per heavy atom. The van der Waals surface area contributed by atoms with Gasteiger partial charge in [0.05, 0.1) is 18.0 Å². The summed E-state index contributed by atoms with van der Waals surface area (Å²) < 4.78 is 5.59. The number of benzene rings is 1. The Bertz CT molecular complexity index is 584. The molecule has 1 N–H and O–H groups in total. The monoisotopic (exact) mass is 272 g/mol. The van der Waals surface area contributed by atoms with E-state index < -0.39 is 6.10 Å². The highest BCUT2D eigenvalue weighted by Gasteiger charge is 2.19. The van der Waals surface area contributed by atoms with Crippen LogP contribution in [0, 0.1) is 6.92 Å². The van der Waals surface area contributed by atoms with Crippen molar-refractivity contribution in [3.63, 3.8) is 0 Å². The summed E-state index contributed by atoms with van der Waals surface area (Å²) in [5, 5.41) is 18.9. The second-order valence-electron chi connectivity index (χ2n) is 4.61. The molecule has 0 bridgehead atoms. The zero-order valence-corrected chi connectivity index (χ0v) is 12.1. The number of nitrogens with zero attached hydrogens (tertiary/aromatic N) is 2. The highest BCUT2D eigenvalue weighted by molar-refractivity contribution is 5.41. The van der Waals surface area contributed by atoms with Crippen LogP contribution in [0.3, 0.4) is 0 Å². The topological polar surface area (TPSA) is 55.2 Å². The van der Waals surface area contributed by atoms with Crippen LogP contribution in [0.1, 0.15) is 42.5 Å². The second kappa shape index (κ2) is 6.48. The van der Waals surface area contributed by atoms with Gasteiger partial charge in [0.1, 0.15) is 11.9 Å². The molecule has 1 heterocycles. The van der Waals surface area contributed by atoms with E-state index in [1.165, 1.54) is 0 Å². The third kappa shape index (κ3) is 2.96. The standard InChI is InChI=1S/C16H20N2O2/c1-4-14-13(10-11(3)17-18-14)16(19)12-8-6-7-9-15(12)20-5-2/h6-10,16,19H,4-5H2,1-3H3. The van der Waals surface area contributed by atoms with Gasteiger partial charge in [-0.25, -0.2) is 0 Å². The lowest BCUT2D eigenvalue weighted by molar-refractivity contribution is 0.210. The zero-order valence-electron chi connectivity index (χ0n) is 12.1. The molecule has 2 rings (SSSR count).